The molecule has 0 aromatic rings. The first-order valence-electron chi connectivity index (χ1n) is 6.99. The minimum atomic E-state index is -4.97. The second-order valence-corrected chi connectivity index (χ2v) is 6.75. The summed E-state index contributed by atoms with van der Waals surface area (Å²) in [5, 5.41) is 29.2. The van der Waals surface area contributed by atoms with E-state index in [0.717, 1.165) is 12.8 Å². The van der Waals surface area contributed by atoms with Crippen LogP contribution in [0.15, 0.2) is 0 Å². The first kappa shape index (κ1) is 17.8. The van der Waals surface area contributed by atoms with Crippen molar-refractivity contribution in [2.45, 2.75) is 49.8 Å². The maximum absolute atomic E-state index is 11.3. The number of quaternary nitrogens is 1. The van der Waals surface area contributed by atoms with Gasteiger partial charge < -0.3 is 34.4 Å². The number of likely N-dealkylation sites (tertiary alicyclic amines) is 1. The lowest BCUT2D eigenvalue weighted by atomic mass is 10.0. The molecule has 0 aromatic heterocycles. The smallest absolute Gasteiger partial charge is 0.362 e. The van der Waals surface area contributed by atoms with E-state index in [9.17, 15) is 29.6 Å². The fourth-order valence-electron chi connectivity index (χ4n) is 3.02. The van der Waals surface area contributed by atoms with Crippen LogP contribution in [0.1, 0.15) is 19.3 Å². The van der Waals surface area contributed by atoms with Crippen LogP contribution in [0.5, 0.6) is 0 Å². The summed E-state index contributed by atoms with van der Waals surface area (Å²) in [6, 6.07) is -0.760. The van der Waals surface area contributed by atoms with Crippen LogP contribution in [0.3, 0.4) is 0 Å². The molecule has 2 heterocycles. The van der Waals surface area contributed by atoms with Gasteiger partial charge in [-0.15, -0.1) is 0 Å². The molecule has 7 atom stereocenters. The van der Waals surface area contributed by atoms with E-state index in [4.69, 9.17) is 9.63 Å². The van der Waals surface area contributed by atoms with Gasteiger partial charge in [0.15, 0.2) is 12.1 Å². The molecule has 0 aliphatic carbocycles. The number of aliphatic hydroxyl groups is 2. The number of piperidine rings is 1. The second-order valence-electron chi connectivity index (χ2n) is 5.55. The Morgan fingerprint density at radius 3 is 2.64 bits per heavy atom. The summed E-state index contributed by atoms with van der Waals surface area (Å²) in [5.41, 5.74) is 0. The molecule has 128 valence electrons. The molecule has 0 bridgehead atoms. The van der Waals surface area contributed by atoms with E-state index in [1.807, 2.05) is 0 Å². The van der Waals surface area contributed by atoms with Crippen LogP contribution in [0, 0.1) is 0 Å². The van der Waals surface area contributed by atoms with Gasteiger partial charge in [0.2, 0.25) is 6.23 Å². The fraction of sp³-hybridized carbons (Fsp3) is 0.909. The minimum absolute atomic E-state index is 0.431. The van der Waals surface area contributed by atoms with Gasteiger partial charge in [0.1, 0.15) is 12.2 Å². The van der Waals surface area contributed by atoms with Crippen molar-refractivity contribution in [2.75, 3.05) is 13.2 Å². The number of nitrogens with one attached hydrogen (secondary N) is 1. The molecule has 22 heavy (non-hydrogen) atoms. The number of phosphoric acid groups is 1. The third-order valence-electron chi connectivity index (χ3n) is 4.08. The molecule has 2 aliphatic rings. The zero-order valence-corrected chi connectivity index (χ0v) is 12.6. The molecule has 0 spiro atoms. The first-order chi connectivity index (χ1) is 10.2. The monoisotopic (exact) mass is 341 g/mol. The van der Waals surface area contributed by atoms with Gasteiger partial charge >= 0.3 is 5.97 Å². The number of hydrogen-bond acceptors (Lipinski definition) is 7. The molecule has 11 heteroatoms. The molecule has 2 rings (SSSR count). The van der Waals surface area contributed by atoms with Gasteiger partial charge in [0.05, 0.1) is 13.2 Å². The molecule has 5 N–H and O–H groups in total. The number of hydrogen-bond donors (Lipinski definition) is 5. The largest absolute Gasteiger partial charge is 0.756 e. The molecule has 0 aromatic carbocycles. The quantitative estimate of drug-likeness (QED) is 0.319. The van der Waals surface area contributed by atoms with Crippen molar-refractivity contribution in [2.24, 2.45) is 0 Å². The summed E-state index contributed by atoms with van der Waals surface area (Å²) < 4.78 is 20.2. The summed E-state index contributed by atoms with van der Waals surface area (Å²) in [6.07, 6.45) is -3.01. The number of carbonyl (C=O) groups is 1. The van der Waals surface area contributed by atoms with Crippen LogP contribution in [-0.4, -0.2) is 69.9 Å². The van der Waals surface area contributed by atoms with E-state index in [2.05, 4.69) is 4.52 Å². The lowest BCUT2D eigenvalue weighted by Crippen LogP contribution is -3.22. The first-order valence-corrected chi connectivity index (χ1v) is 8.48. The molecule has 2 saturated heterocycles. The zero-order valence-electron chi connectivity index (χ0n) is 11.7. The maximum Gasteiger partial charge on any atom is 0.362 e. The molecule has 2 aliphatic heterocycles. The van der Waals surface area contributed by atoms with Crippen molar-refractivity contribution < 1.29 is 48.6 Å². The Morgan fingerprint density at radius 1 is 1.36 bits per heavy atom. The standard InChI is InChI=1S/C11H20NO9P/c13-8-7(5-20-22(17,18)19)21-10(9(8)14)12-4-2-1-3-6(12)11(15)16/h6-10,13-14H,1-5H2,(H,15,16)(H2,17,18,19)/t6?,7-,8-,9-,10-/m1/s1. The zero-order chi connectivity index (χ0) is 16.5. The van der Waals surface area contributed by atoms with Crippen LogP contribution < -0.4 is 9.79 Å². The van der Waals surface area contributed by atoms with Gasteiger partial charge in [-0.3, -0.25) is 9.46 Å². The molecule has 0 amide bonds. The van der Waals surface area contributed by atoms with E-state index in [1.165, 1.54) is 0 Å². The van der Waals surface area contributed by atoms with Crippen molar-refractivity contribution in [1.29, 1.82) is 0 Å². The summed E-state index contributed by atoms with van der Waals surface area (Å²) in [4.78, 5) is 30.9. The van der Waals surface area contributed by atoms with Gasteiger partial charge in [0, 0.05) is 6.42 Å². The Bertz CT molecular complexity index is 455. The van der Waals surface area contributed by atoms with Gasteiger partial charge in [-0.2, -0.15) is 0 Å². The van der Waals surface area contributed by atoms with E-state index >= 15 is 0 Å². The van der Waals surface area contributed by atoms with Gasteiger partial charge in [0.25, 0.3) is 7.82 Å². The lowest BCUT2D eigenvalue weighted by Gasteiger charge is -2.34. The average molecular weight is 341 g/mol. The molecule has 2 fully saturated rings. The summed E-state index contributed by atoms with van der Waals surface area (Å²) >= 11 is 0. The van der Waals surface area contributed by atoms with Crippen LogP contribution in [0.25, 0.3) is 0 Å². The van der Waals surface area contributed by atoms with E-state index in [1.54, 1.807) is 0 Å². The average Bonchev–Trinajstić information content (AvgIpc) is 2.72. The molecule has 0 saturated carbocycles. The Morgan fingerprint density at radius 2 is 2.05 bits per heavy atom. The number of phosphoric ester groups is 1. The minimum Gasteiger partial charge on any atom is -0.756 e. The highest BCUT2D eigenvalue weighted by Gasteiger charge is 2.51. The highest BCUT2D eigenvalue weighted by molar-refractivity contribution is 7.44. The Hall–Kier alpha value is -0.580. The number of rotatable bonds is 5. The van der Waals surface area contributed by atoms with Crippen molar-refractivity contribution in [1.82, 2.24) is 0 Å². The summed E-state index contributed by atoms with van der Waals surface area (Å²) in [5.74, 6) is -1.01. The molecule has 3 unspecified atom stereocenters. The highest BCUT2D eigenvalue weighted by Crippen LogP contribution is 2.32. The maximum atomic E-state index is 11.3. The highest BCUT2D eigenvalue weighted by atomic mass is 31.2. The SMILES string of the molecule is O=C(O)C1CCCC[NH+]1[C@@H]1O[C@H](COP(=O)([O-])O)[C@@H](O)[C@H]1O. The normalized spacial score (nSPS) is 42.0. The molecule has 0 radical (unpaired) electrons. The number of carboxylic acids is 1. The summed E-state index contributed by atoms with van der Waals surface area (Å²) in [7, 11) is -4.97. The van der Waals surface area contributed by atoms with E-state index in [0.29, 0.717) is 17.9 Å². The topological polar surface area (TPSA) is 161 Å². The van der Waals surface area contributed by atoms with Crippen LogP contribution in [-0.2, 0) is 18.6 Å². The number of ether oxygens (including phenoxy) is 1. The molecular formula is C11H20NO9P. The van der Waals surface area contributed by atoms with Crippen molar-refractivity contribution in [3.63, 3.8) is 0 Å². The predicted molar refractivity (Wildman–Crippen MR) is 67.6 cm³/mol. The van der Waals surface area contributed by atoms with E-state index < -0.39 is 51.0 Å². The Kier molecular flexibility index (Phi) is 5.57. The van der Waals surface area contributed by atoms with Gasteiger partial charge in [-0.1, -0.05) is 0 Å². The second kappa shape index (κ2) is 6.90. The number of aliphatic carboxylic acids is 1. The third-order valence-corrected chi connectivity index (χ3v) is 4.56. The predicted octanol–water partition coefficient (Wildman–Crippen LogP) is -3.57. The third kappa shape index (κ3) is 4.03. The number of carboxylic acid groups (broad SMARTS) is 1. The molecule has 10 nitrogen and oxygen atoms in total. The van der Waals surface area contributed by atoms with Crippen LogP contribution in [0.4, 0.5) is 0 Å². The lowest BCUT2D eigenvalue weighted by molar-refractivity contribution is -0.969. The van der Waals surface area contributed by atoms with Crippen LogP contribution in [0.2, 0.25) is 0 Å². The van der Waals surface area contributed by atoms with Gasteiger partial charge in [-0.05, 0) is 12.8 Å². The van der Waals surface area contributed by atoms with Gasteiger partial charge in [-0.25, -0.2) is 4.79 Å². The van der Waals surface area contributed by atoms with Crippen molar-refractivity contribution in [3.05, 3.63) is 0 Å². The van der Waals surface area contributed by atoms with Crippen molar-refractivity contribution >= 4 is 13.8 Å². The number of aliphatic hydroxyl groups excluding tert-OH is 2. The van der Waals surface area contributed by atoms with Crippen LogP contribution >= 0.6 is 7.82 Å². The fourth-order valence-corrected chi connectivity index (χ4v) is 3.36. The molecular weight excluding hydrogens is 321 g/mol. The Labute approximate surface area is 126 Å². The summed E-state index contributed by atoms with van der Waals surface area (Å²) in [6.45, 7) is -0.198. The Balaban J connectivity index is 2.05. The van der Waals surface area contributed by atoms with Crippen molar-refractivity contribution in [3.8, 4) is 0 Å². The van der Waals surface area contributed by atoms with E-state index in [-0.39, 0.29) is 0 Å².